The van der Waals surface area contributed by atoms with Crippen LogP contribution in [-0.2, 0) is 13.1 Å². The van der Waals surface area contributed by atoms with Crippen LogP contribution in [0.25, 0.3) is 10.9 Å². The second-order valence-corrected chi connectivity index (χ2v) is 8.04. The molecule has 0 saturated carbocycles. The van der Waals surface area contributed by atoms with Crippen LogP contribution in [0.3, 0.4) is 0 Å². The summed E-state index contributed by atoms with van der Waals surface area (Å²) in [6.45, 7) is 3.46. The van der Waals surface area contributed by atoms with Gasteiger partial charge in [-0.3, -0.25) is 9.58 Å². The second kappa shape index (κ2) is 8.61. The van der Waals surface area contributed by atoms with E-state index in [0.29, 0.717) is 22.3 Å². The Labute approximate surface area is 179 Å². The fourth-order valence-electron chi connectivity index (χ4n) is 3.74. The molecule has 0 spiro atoms. The minimum atomic E-state index is -0.262. The molecule has 1 fully saturated rings. The molecule has 29 heavy (non-hydrogen) atoms. The number of amides is 2. The van der Waals surface area contributed by atoms with Gasteiger partial charge in [-0.2, -0.15) is 5.10 Å². The van der Waals surface area contributed by atoms with Gasteiger partial charge in [0.2, 0.25) is 0 Å². The minimum absolute atomic E-state index is 0.262. The average Bonchev–Trinajstić information content (AvgIpc) is 3.33. The number of carbonyl (C=O) groups excluding carboxylic acids is 1. The van der Waals surface area contributed by atoms with Gasteiger partial charge in [0.1, 0.15) is 0 Å². The highest BCUT2D eigenvalue weighted by Gasteiger charge is 2.18. The van der Waals surface area contributed by atoms with E-state index < -0.39 is 0 Å². The predicted molar refractivity (Wildman–Crippen MR) is 118 cm³/mol. The maximum atomic E-state index is 11.7. The summed E-state index contributed by atoms with van der Waals surface area (Å²) in [6, 6.07) is 11.1. The lowest BCUT2D eigenvalue weighted by Crippen LogP contribution is -2.24. The predicted octanol–water partition coefficient (Wildman–Crippen LogP) is 4.74. The lowest BCUT2D eigenvalue weighted by Gasteiger charge is -2.12. The van der Waals surface area contributed by atoms with Crippen LogP contribution in [0.4, 0.5) is 10.5 Å². The van der Waals surface area contributed by atoms with E-state index in [2.05, 4.69) is 15.5 Å². The first-order valence-electron chi connectivity index (χ1n) is 9.68. The van der Waals surface area contributed by atoms with Crippen molar-refractivity contribution < 1.29 is 4.79 Å². The van der Waals surface area contributed by atoms with Gasteiger partial charge >= 0.3 is 6.03 Å². The summed E-state index contributed by atoms with van der Waals surface area (Å²) in [5.74, 6) is 0. The van der Waals surface area contributed by atoms with E-state index in [9.17, 15) is 4.79 Å². The molecule has 4 rings (SSSR count). The number of hydrogen-bond acceptors (Lipinski definition) is 3. The number of urea groups is 1. The van der Waals surface area contributed by atoms with Crippen LogP contribution in [0.2, 0.25) is 10.0 Å². The number of hydrogen-bond donors (Lipinski definition) is 2. The third-order valence-electron chi connectivity index (χ3n) is 5.25. The lowest BCUT2D eigenvalue weighted by molar-refractivity contribution is 0.254. The minimum Gasteiger partial charge on any atom is -0.341 e. The summed E-state index contributed by atoms with van der Waals surface area (Å²) in [6.07, 6.45) is 2.46. The highest BCUT2D eigenvalue weighted by molar-refractivity contribution is 6.36. The van der Waals surface area contributed by atoms with Crippen molar-refractivity contribution in [3.05, 3.63) is 57.7 Å². The van der Waals surface area contributed by atoms with Crippen molar-refractivity contribution in [1.29, 1.82) is 0 Å². The monoisotopic (exact) mass is 431 g/mol. The van der Waals surface area contributed by atoms with E-state index in [1.165, 1.54) is 12.8 Å². The van der Waals surface area contributed by atoms with Gasteiger partial charge in [0.15, 0.2) is 0 Å². The molecule has 1 aromatic heterocycles. The maximum absolute atomic E-state index is 11.7. The molecule has 0 atom stereocenters. The van der Waals surface area contributed by atoms with E-state index in [0.717, 1.165) is 41.8 Å². The van der Waals surface area contributed by atoms with Crippen molar-refractivity contribution >= 4 is 45.8 Å². The second-order valence-electron chi connectivity index (χ2n) is 7.22. The van der Waals surface area contributed by atoms with E-state index in [1.807, 2.05) is 41.1 Å². The van der Waals surface area contributed by atoms with Crippen LogP contribution in [0.1, 0.15) is 24.1 Å². The number of aromatic nitrogens is 2. The quantitative estimate of drug-likeness (QED) is 0.613. The number of rotatable bonds is 5. The fraction of sp³-hybridized carbons (Fsp3) is 0.333. The summed E-state index contributed by atoms with van der Waals surface area (Å²) < 4.78 is 1.92. The molecule has 2 amide bonds. The van der Waals surface area contributed by atoms with Gasteiger partial charge in [-0.05, 0) is 56.3 Å². The zero-order chi connectivity index (χ0) is 20.4. The van der Waals surface area contributed by atoms with Crippen molar-refractivity contribution in [3.63, 3.8) is 0 Å². The largest absolute Gasteiger partial charge is 0.341 e. The van der Waals surface area contributed by atoms with Crippen molar-refractivity contribution in [2.45, 2.75) is 25.9 Å². The van der Waals surface area contributed by atoms with Crippen LogP contribution in [-0.4, -0.2) is 40.8 Å². The number of nitrogens with one attached hydrogen (secondary N) is 2. The van der Waals surface area contributed by atoms with Gasteiger partial charge in [0, 0.05) is 40.3 Å². The van der Waals surface area contributed by atoms with E-state index in [4.69, 9.17) is 28.3 Å². The molecule has 8 heteroatoms. The molecular weight excluding hydrogens is 409 g/mol. The van der Waals surface area contributed by atoms with E-state index >= 15 is 0 Å². The molecule has 1 saturated heterocycles. The van der Waals surface area contributed by atoms with Crippen molar-refractivity contribution in [2.24, 2.45) is 0 Å². The Bertz CT molecular complexity index is 1020. The molecule has 3 aromatic rings. The van der Waals surface area contributed by atoms with Crippen molar-refractivity contribution in [1.82, 2.24) is 20.0 Å². The van der Waals surface area contributed by atoms with Crippen LogP contribution in [0.5, 0.6) is 0 Å². The summed E-state index contributed by atoms with van der Waals surface area (Å²) >= 11 is 12.8. The number of fused-ring (bicyclic) bond motifs is 1. The summed E-state index contributed by atoms with van der Waals surface area (Å²) in [5, 5.41) is 12.6. The molecule has 2 N–H and O–H groups in total. The average molecular weight is 432 g/mol. The Balaban J connectivity index is 1.75. The van der Waals surface area contributed by atoms with Gasteiger partial charge in [-0.1, -0.05) is 29.3 Å². The van der Waals surface area contributed by atoms with Crippen molar-refractivity contribution in [2.75, 3.05) is 25.5 Å². The van der Waals surface area contributed by atoms with Crippen LogP contribution in [0, 0.1) is 0 Å². The number of halogens is 2. The molecule has 0 aliphatic carbocycles. The number of benzene rings is 2. The molecule has 0 bridgehead atoms. The normalized spacial score (nSPS) is 14.4. The van der Waals surface area contributed by atoms with Gasteiger partial charge in [-0.15, -0.1) is 0 Å². The first-order chi connectivity index (χ1) is 14.0. The Morgan fingerprint density at radius 3 is 2.52 bits per heavy atom. The van der Waals surface area contributed by atoms with Crippen LogP contribution < -0.4 is 10.6 Å². The SMILES string of the molecule is CNC(=O)Nc1ccc2c(CN3CCCC3)nn(Cc3c(Cl)cccc3Cl)c2c1. The lowest BCUT2D eigenvalue weighted by atomic mass is 10.1. The third kappa shape index (κ3) is 4.34. The van der Waals surface area contributed by atoms with Gasteiger partial charge in [0.05, 0.1) is 17.8 Å². The molecular formula is C21H23Cl2N5O. The summed E-state index contributed by atoms with van der Waals surface area (Å²) in [7, 11) is 1.59. The molecule has 6 nitrogen and oxygen atoms in total. The zero-order valence-corrected chi connectivity index (χ0v) is 17.7. The van der Waals surface area contributed by atoms with Gasteiger partial charge in [0.25, 0.3) is 0 Å². The highest BCUT2D eigenvalue weighted by Crippen LogP contribution is 2.29. The molecule has 2 aromatic carbocycles. The Hall–Kier alpha value is -2.28. The first-order valence-corrected chi connectivity index (χ1v) is 10.4. The Kier molecular flexibility index (Phi) is 5.94. The summed E-state index contributed by atoms with van der Waals surface area (Å²) in [5.41, 5.74) is 3.49. The smallest absolute Gasteiger partial charge is 0.318 e. The van der Waals surface area contributed by atoms with Crippen molar-refractivity contribution in [3.8, 4) is 0 Å². The zero-order valence-electron chi connectivity index (χ0n) is 16.2. The standard InChI is InChI=1S/C21H23Cl2N5O/c1-24-21(29)25-14-7-8-15-19(13-27-9-2-3-10-27)26-28(20(15)11-14)12-16-17(22)5-4-6-18(16)23/h4-8,11H,2-3,9-10,12-13H2,1H3,(H2,24,25,29). The molecule has 1 aliphatic rings. The van der Waals surface area contributed by atoms with E-state index in [1.54, 1.807) is 7.05 Å². The number of nitrogens with zero attached hydrogens (tertiary/aromatic N) is 3. The Morgan fingerprint density at radius 2 is 1.83 bits per heavy atom. The number of likely N-dealkylation sites (tertiary alicyclic amines) is 1. The number of anilines is 1. The van der Waals surface area contributed by atoms with Crippen LogP contribution in [0.15, 0.2) is 36.4 Å². The maximum Gasteiger partial charge on any atom is 0.318 e. The third-order valence-corrected chi connectivity index (χ3v) is 5.96. The topological polar surface area (TPSA) is 62.2 Å². The number of carbonyl (C=O) groups is 1. The van der Waals surface area contributed by atoms with Gasteiger partial charge < -0.3 is 10.6 Å². The molecule has 0 radical (unpaired) electrons. The Morgan fingerprint density at radius 1 is 1.10 bits per heavy atom. The highest BCUT2D eigenvalue weighted by atomic mass is 35.5. The van der Waals surface area contributed by atoms with Gasteiger partial charge in [-0.25, -0.2) is 4.79 Å². The molecule has 1 aliphatic heterocycles. The molecule has 152 valence electrons. The van der Waals surface area contributed by atoms with E-state index in [-0.39, 0.29) is 6.03 Å². The first kappa shape index (κ1) is 20.0. The summed E-state index contributed by atoms with van der Waals surface area (Å²) in [4.78, 5) is 14.2. The molecule has 0 unspecified atom stereocenters. The fourth-order valence-corrected chi connectivity index (χ4v) is 4.25. The van der Waals surface area contributed by atoms with Crippen LogP contribution >= 0.6 is 23.2 Å². The molecule has 2 heterocycles.